The molecule has 15 heavy (non-hydrogen) atoms. The summed E-state index contributed by atoms with van der Waals surface area (Å²) < 4.78 is 47.9. The lowest BCUT2D eigenvalue weighted by molar-refractivity contribution is -0.136. The summed E-state index contributed by atoms with van der Waals surface area (Å²) in [5.41, 5.74) is 0. The fourth-order valence-electron chi connectivity index (χ4n) is 0.762. The van der Waals surface area contributed by atoms with E-state index in [1.54, 1.807) is 5.32 Å². The lowest BCUT2D eigenvalue weighted by atomic mass is 10.2. The smallest absolute Gasteiger partial charge is 0.324 e. The molecule has 0 radical (unpaired) electrons. The van der Waals surface area contributed by atoms with Crippen molar-refractivity contribution in [3.8, 4) is 0 Å². The van der Waals surface area contributed by atoms with Crippen LogP contribution in [0.3, 0.4) is 0 Å². The highest BCUT2D eigenvalue weighted by atomic mass is 35.5. The van der Waals surface area contributed by atoms with E-state index in [-0.39, 0.29) is 6.42 Å². The van der Waals surface area contributed by atoms with Crippen molar-refractivity contribution < 1.29 is 22.4 Å². The number of amides is 1. The van der Waals surface area contributed by atoms with Gasteiger partial charge in [-0.2, -0.15) is 8.78 Å². The molecule has 0 aromatic rings. The van der Waals surface area contributed by atoms with Crippen LogP contribution in [-0.4, -0.2) is 30.7 Å². The highest BCUT2D eigenvalue weighted by molar-refractivity contribution is 6.17. The summed E-state index contributed by atoms with van der Waals surface area (Å²) >= 11 is 5.33. The Bertz CT molecular complexity index is 201. The number of nitrogens with one attached hydrogen (secondary N) is 1. The molecule has 0 aromatic carbocycles. The van der Waals surface area contributed by atoms with Crippen molar-refractivity contribution in [1.29, 1.82) is 0 Å². The number of halogens is 5. The summed E-state index contributed by atoms with van der Waals surface area (Å²) in [6.45, 7) is -1.33. The molecule has 0 heterocycles. The van der Waals surface area contributed by atoms with E-state index in [9.17, 15) is 22.4 Å². The van der Waals surface area contributed by atoms with Crippen LogP contribution < -0.4 is 5.32 Å². The second-order valence-corrected chi connectivity index (χ2v) is 3.36. The molecule has 0 unspecified atom stereocenters. The minimum atomic E-state index is -4.16. The fourth-order valence-corrected chi connectivity index (χ4v) is 0.951. The maximum atomic E-state index is 12.3. The van der Waals surface area contributed by atoms with Crippen molar-refractivity contribution >= 4 is 17.5 Å². The van der Waals surface area contributed by atoms with Crippen LogP contribution in [0.15, 0.2) is 0 Å². The van der Waals surface area contributed by atoms with Crippen molar-refractivity contribution in [2.45, 2.75) is 31.6 Å². The van der Waals surface area contributed by atoms with E-state index >= 15 is 0 Å². The molecule has 1 N–H and O–H groups in total. The van der Waals surface area contributed by atoms with Crippen molar-refractivity contribution in [3.63, 3.8) is 0 Å². The maximum Gasteiger partial charge on any atom is 0.324 e. The summed E-state index contributed by atoms with van der Waals surface area (Å²) in [6, 6.07) is 0. The largest absolute Gasteiger partial charge is 0.350 e. The Morgan fingerprint density at radius 3 is 2.40 bits per heavy atom. The first-order valence-corrected chi connectivity index (χ1v) is 4.92. The zero-order chi connectivity index (χ0) is 11.9. The van der Waals surface area contributed by atoms with Crippen LogP contribution in [0.1, 0.15) is 19.3 Å². The second-order valence-electron chi connectivity index (χ2n) is 2.98. The summed E-state index contributed by atoms with van der Waals surface area (Å²) in [4.78, 5) is 10.9. The average Bonchev–Trinajstić information content (AvgIpc) is 2.15. The van der Waals surface area contributed by atoms with Crippen LogP contribution in [0.4, 0.5) is 17.6 Å². The molecule has 0 fully saturated rings. The summed E-state index contributed by atoms with van der Waals surface area (Å²) in [7, 11) is 0. The number of rotatable bonds is 7. The maximum absolute atomic E-state index is 12.3. The standard InChI is InChI=1S/C8H12ClF4NO/c9-4-2-1-3-6(15)14-5-8(12,13)7(10)11/h7H,1-5H2,(H,14,15). The van der Waals surface area contributed by atoms with Crippen LogP contribution in [0.2, 0.25) is 0 Å². The monoisotopic (exact) mass is 249 g/mol. The third kappa shape index (κ3) is 6.54. The molecule has 0 saturated carbocycles. The Balaban J connectivity index is 3.71. The van der Waals surface area contributed by atoms with E-state index in [0.29, 0.717) is 18.7 Å². The second kappa shape index (κ2) is 6.87. The zero-order valence-corrected chi connectivity index (χ0v) is 8.67. The molecule has 7 heteroatoms. The number of alkyl halides is 5. The highest BCUT2D eigenvalue weighted by Gasteiger charge is 2.40. The lowest BCUT2D eigenvalue weighted by Crippen LogP contribution is -2.41. The van der Waals surface area contributed by atoms with Crippen LogP contribution >= 0.6 is 11.6 Å². The summed E-state index contributed by atoms with van der Waals surface area (Å²) in [6.07, 6.45) is -2.71. The molecule has 0 aliphatic heterocycles. The number of carbonyl (C=O) groups is 1. The molecule has 0 saturated heterocycles. The Morgan fingerprint density at radius 1 is 1.33 bits per heavy atom. The molecular weight excluding hydrogens is 238 g/mol. The van der Waals surface area contributed by atoms with Gasteiger partial charge in [-0.05, 0) is 12.8 Å². The normalized spacial score (nSPS) is 11.9. The minimum absolute atomic E-state index is 0.0199. The Labute approximate surface area is 90.0 Å². The van der Waals surface area contributed by atoms with E-state index in [2.05, 4.69) is 0 Å². The first kappa shape index (κ1) is 14.5. The van der Waals surface area contributed by atoms with Crippen LogP contribution in [-0.2, 0) is 4.79 Å². The van der Waals surface area contributed by atoms with Gasteiger partial charge in [0.2, 0.25) is 5.91 Å². The molecule has 90 valence electrons. The van der Waals surface area contributed by atoms with Crippen molar-refractivity contribution in [1.82, 2.24) is 5.32 Å². The Kier molecular flexibility index (Phi) is 6.63. The average molecular weight is 250 g/mol. The quantitative estimate of drug-likeness (QED) is 0.419. The van der Waals surface area contributed by atoms with Gasteiger partial charge in [0.15, 0.2) is 0 Å². The van der Waals surface area contributed by atoms with Gasteiger partial charge in [0.05, 0.1) is 6.54 Å². The highest BCUT2D eigenvalue weighted by Crippen LogP contribution is 2.21. The molecule has 1 amide bonds. The number of carbonyl (C=O) groups excluding carboxylic acids is 1. The van der Waals surface area contributed by atoms with Gasteiger partial charge in [-0.25, -0.2) is 8.78 Å². The summed E-state index contributed by atoms with van der Waals surface area (Å²) in [5.74, 6) is -4.46. The third-order valence-electron chi connectivity index (χ3n) is 1.63. The first-order chi connectivity index (χ1) is 6.90. The lowest BCUT2D eigenvalue weighted by Gasteiger charge is -2.15. The Hall–Kier alpha value is -0.520. The van der Waals surface area contributed by atoms with E-state index in [0.717, 1.165) is 0 Å². The van der Waals surface area contributed by atoms with Gasteiger partial charge >= 0.3 is 12.3 Å². The van der Waals surface area contributed by atoms with Gasteiger partial charge in [0, 0.05) is 12.3 Å². The van der Waals surface area contributed by atoms with Crippen LogP contribution in [0, 0.1) is 0 Å². The molecule has 2 nitrogen and oxygen atoms in total. The molecule has 0 spiro atoms. The molecule has 0 aromatic heterocycles. The van der Waals surface area contributed by atoms with Crippen molar-refractivity contribution in [2.24, 2.45) is 0 Å². The van der Waals surface area contributed by atoms with E-state index in [1.807, 2.05) is 0 Å². The van der Waals surface area contributed by atoms with Gasteiger partial charge in [-0.15, -0.1) is 11.6 Å². The van der Waals surface area contributed by atoms with Gasteiger partial charge in [0.1, 0.15) is 0 Å². The SMILES string of the molecule is O=C(CCCCCl)NCC(F)(F)C(F)F. The number of unbranched alkanes of at least 4 members (excludes halogenated alkanes) is 1. The molecule has 0 aliphatic rings. The predicted molar refractivity (Wildman–Crippen MR) is 48.5 cm³/mol. The molecule has 0 aliphatic carbocycles. The number of hydrogen-bond acceptors (Lipinski definition) is 1. The molecular formula is C8H12ClF4NO. The van der Waals surface area contributed by atoms with Crippen molar-refractivity contribution in [3.05, 3.63) is 0 Å². The zero-order valence-electron chi connectivity index (χ0n) is 7.91. The number of hydrogen-bond donors (Lipinski definition) is 1. The van der Waals surface area contributed by atoms with Crippen LogP contribution in [0.25, 0.3) is 0 Å². The van der Waals surface area contributed by atoms with Crippen LogP contribution in [0.5, 0.6) is 0 Å². The molecule has 0 bridgehead atoms. The van der Waals surface area contributed by atoms with E-state index in [4.69, 9.17) is 11.6 Å². The Morgan fingerprint density at radius 2 is 1.93 bits per heavy atom. The van der Waals surface area contributed by atoms with Gasteiger partial charge in [-0.1, -0.05) is 0 Å². The van der Waals surface area contributed by atoms with Gasteiger partial charge in [-0.3, -0.25) is 4.79 Å². The topological polar surface area (TPSA) is 29.1 Å². The molecule has 0 atom stereocenters. The van der Waals surface area contributed by atoms with E-state index < -0.39 is 24.8 Å². The van der Waals surface area contributed by atoms with E-state index in [1.165, 1.54) is 0 Å². The van der Waals surface area contributed by atoms with Crippen molar-refractivity contribution in [2.75, 3.05) is 12.4 Å². The first-order valence-electron chi connectivity index (χ1n) is 4.39. The third-order valence-corrected chi connectivity index (χ3v) is 1.90. The predicted octanol–water partition coefficient (Wildman–Crippen LogP) is 2.41. The molecule has 0 rings (SSSR count). The fraction of sp³-hybridized carbons (Fsp3) is 0.875. The van der Waals surface area contributed by atoms with Gasteiger partial charge < -0.3 is 5.32 Å². The summed E-state index contributed by atoms with van der Waals surface area (Å²) in [5, 5.41) is 1.75. The van der Waals surface area contributed by atoms with Gasteiger partial charge in [0.25, 0.3) is 0 Å². The minimum Gasteiger partial charge on any atom is -0.350 e.